The molecule has 1 atom stereocenters. The van der Waals surface area contributed by atoms with Crippen LogP contribution in [0.2, 0.25) is 0 Å². The molecule has 2 heterocycles. The quantitative estimate of drug-likeness (QED) is 0.717. The number of hydrogen-bond acceptors (Lipinski definition) is 5. The van der Waals surface area contributed by atoms with E-state index in [1.807, 2.05) is 29.2 Å². The first kappa shape index (κ1) is 20.1. The van der Waals surface area contributed by atoms with Crippen molar-refractivity contribution in [2.24, 2.45) is 0 Å². The second-order valence-corrected chi connectivity index (χ2v) is 7.66. The van der Waals surface area contributed by atoms with E-state index in [1.165, 1.54) is 4.90 Å². The zero-order valence-corrected chi connectivity index (χ0v) is 16.7. The molecule has 0 spiro atoms. The first-order chi connectivity index (χ1) is 13.3. The van der Waals surface area contributed by atoms with E-state index < -0.39 is 11.6 Å². The van der Waals surface area contributed by atoms with E-state index in [-0.39, 0.29) is 30.8 Å². The van der Waals surface area contributed by atoms with Gasteiger partial charge in [0.15, 0.2) is 0 Å². The fourth-order valence-electron chi connectivity index (χ4n) is 3.78. The van der Waals surface area contributed by atoms with Gasteiger partial charge in [0.1, 0.15) is 11.3 Å². The van der Waals surface area contributed by atoms with Crippen LogP contribution in [0.4, 0.5) is 4.79 Å². The van der Waals surface area contributed by atoms with Crippen LogP contribution in [0.1, 0.15) is 38.3 Å². The Kier molecular flexibility index (Phi) is 5.88. The maximum Gasteiger partial charge on any atom is 0.325 e. The molecule has 1 unspecified atom stereocenters. The Hall–Kier alpha value is -2.61. The van der Waals surface area contributed by atoms with Crippen molar-refractivity contribution in [2.45, 2.75) is 38.3 Å². The number of hydrogen-bond donors (Lipinski definition) is 2. The number of piperazine rings is 1. The van der Waals surface area contributed by atoms with Crippen molar-refractivity contribution < 1.29 is 19.1 Å². The molecule has 8 heteroatoms. The van der Waals surface area contributed by atoms with Crippen LogP contribution in [-0.4, -0.2) is 66.5 Å². The van der Waals surface area contributed by atoms with Gasteiger partial charge in [-0.2, -0.15) is 0 Å². The molecule has 3 rings (SSSR count). The molecule has 0 radical (unpaired) electrons. The SMILES string of the molecule is COc1ccccc1C1CNCCN1C(=O)CCCN1C(=O)NC(C)(C)C1=O. The Balaban J connectivity index is 1.62. The van der Waals surface area contributed by atoms with Crippen LogP contribution in [0.3, 0.4) is 0 Å². The molecule has 2 fully saturated rings. The van der Waals surface area contributed by atoms with Crippen LogP contribution < -0.4 is 15.4 Å². The van der Waals surface area contributed by atoms with Crippen LogP contribution in [0, 0.1) is 0 Å². The second-order valence-electron chi connectivity index (χ2n) is 7.66. The third-order valence-electron chi connectivity index (χ3n) is 5.28. The van der Waals surface area contributed by atoms with Gasteiger partial charge in [0.25, 0.3) is 5.91 Å². The summed E-state index contributed by atoms with van der Waals surface area (Å²) in [6, 6.07) is 7.22. The monoisotopic (exact) mass is 388 g/mol. The van der Waals surface area contributed by atoms with Gasteiger partial charge >= 0.3 is 6.03 Å². The molecule has 8 nitrogen and oxygen atoms in total. The molecule has 2 N–H and O–H groups in total. The summed E-state index contributed by atoms with van der Waals surface area (Å²) in [4.78, 5) is 40.2. The molecule has 28 heavy (non-hydrogen) atoms. The van der Waals surface area contributed by atoms with E-state index in [1.54, 1.807) is 21.0 Å². The number of para-hydroxylation sites is 1. The fourth-order valence-corrected chi connectivity index (χ4v) is 3.78. The predicted octanol–water partition coefficient (Wildman–Crippen LogP) is 1.28. The lowest BCUT2D eigenvalue weighted by molar-refractivity contribution is -0.135. The Morgan fingerprint density at radius 3 is 2.71 bits per heavy atom. The van der Waals surface area contributed by atoms with Gasteiger partial charge in [-0.25, -0.2) is 4.79 Å². The first-order valence-electron chi connectivity index (χ1n) is 9.62. The lowest BCUT2D eigenvalue weighted by Crippen LogP contribution is -2.48. The van der Waals surface area contributed by atoms with Crippen molar-refractivity contribution in [3.05, 3.63) is 29.8 Å². The Bertz CT molecular complexity index is 764. The Morgan fingerprint density at radius 1 is 1.29 bits per heavy atom. The number of urea groups is 1. The van der Waals surface area contributed by atoms with Crippen LogP contribution in [0.5, 0.6) is 5.75 Å². The molecule has 0 aliphatic carbocycles. The van der Waals surface area contributed by atoms with Crippen molar-refractivity contribution in [2.75, 3.05) is 33.3 Å². The van der Waals surface area contributed by atoms with Crippen LogP contribution in [0.25, 0.3) is 0 Å². The number of rotatable bonds is 6. The smallest absolute Gasteiger partial charge is 0.325 e. The average Bonchev–Trinajstić information content (AvgIpc) is 2.89. The van der Waals surface area contributed by atoms with Gasteiger partial charge in [0, 0.05) is 38.2 Å². The number of methoxy groups -OCH3 is 1. The van der Waals surface area contributed by atoms with E-state index in [0.717, 1.165) is 17.9 Å². The molecule has 2 saturated heterocycles. The largest absolute Gasteiger partial charge is 0.496 e. The molecule has 0 aromatic heterocycles. The summed E-state index contributed by atoms with van der Waals surface area (Å²) in [5, 5.41) is 5.99. The van der Waals surface area contributed by atoms with Crippen LogP contribution >= 0.6 is 0 Å². The number of nitrogens with zero attached hydrogens (tertiary/aromatic N) is 2. The highest BCUT2D eigenvalue weighted by Crippen LogP contribution is 2.30. The lowest BCUT2D eigenvalue weighted by atomic mass is 10.0. The maximum absolute atomic E-state index is 12.9. The molecule has 4 amide bonds. The maximum atomic E-state index is 12.9. The van der Waals surface area contributed by atoms with Gasteiger partial charge in [0.2, 0.25) is 5.91 Å². The fraction of sp³-hybridized carbons (Fsp3) is 0.550. The van der Waals surface area contributed by atoms with E-state index in [0.29, 0.717) is 19.5 Å². The number of benzene rings is 1. The topological polar surface area (TPSA) is 91.0 Å². The minimum absolute atomic E-state index is 0.0173. The number of carbonyl (C=O) groups is 3. The lowest BCUT2D eigenvalue weighted by Gasteiger charge is -2.37. The summed E-state index contributed by atoms with van der Waals surface area (Å²) in [6.07, 6.45) is 0.722. The van der Waals surface area contributed by atoms with Crippen molar-refractivity contribution in [1.82, 2.24) is 20.4 Å². The minimum atomic E-state index is -0.880. The van der Waals surface area contributed by atoms with Crippen LogP contribution in [-0.2, 0) is 9.59 Å². The predicted molar refractivity (Wildman–Crippen MR) is 104 cm³/mol. The number of imide groups is 1. The van der Waals surface area contributed by atoms with Gasteiger partial charge in [-0.1, -0.05) is 18.2 Å². The van der Waals surface area contributed by atoms with E-state index >= 15 is 0 Å². The van der Waals surface area contributed by atoms with Crippen molar-refractivity contribution in [3.63, 3.8) is 0 Å². The van der Waals surface area contributed by atoms with Gasteiger partial charge in [-0.3, -0.25) is 14.5 Å². The Morgan fingerprint density at radius 2 is 2.04 bits per heavy atom. The number of amides is 4. The number of nitrogens with one attached hydrogen (secondary N) is 2. The van der Waals surface area contributed by atoms with E-state index in [9.17, 15) is 14.4 Å². The van der Waals surface area contributed by atoms with Crippen LogP contribution in [0.15, 0.2) is 24.3 Å². The molecular formula is C20H28N4O4. The molecule has 1 aromatic carbocycles. The van der Waals surface area contributed by atoms with E-state index in [4.69, 9.17) is 4.74 Å². The summed E-state index contributed by atoms with van der Waals surface area (Å²) >= 11 is 0. The van der Waals surface area contributed by atoms with Gasteiger partial charge in [0.05, 0.1) is 13.2 Å². The second kappa shape index (κ2) is 8.18. The van der Waals surface area contributed by atoms with Crippen molar-refractivity contribution >= 4 is 17.8 Å². The standard InChI is InChI=1S/C20H28N4O4/c1-20(2)18(26)24(19(27)22-20)11-6-9-17(25)23-12-10-21-13-15(23)14-7-4-5-8-16(14)28-3/h4-5,7-8,15,21H,6,9-13H2,1-3H3,(H,22,27). The van der Waals surface area contributed by atoms with Gasteiger partial charge < -0.3 is 20.3 Å². The third-order valence-corrected chi connectivity index (χ3v) is 5.28. The normalized spacial score (nSPS) is 21.6. The summed E-state index contributed by atoms with van der Waals surface area (Å²) in [5.74, 6) is 0.526. The zero-order valence-electron chi connectivity index (χ0n) is 16.7. The number of carbonyl (C=O) groups excluding carboxylic acids is 3. The third kappa shape index (κ3) is 3.96. The molecular weight excluding hydrogens is 360 g/mol. The van der Waals surface area contributed by atoms with E-state index in [2.05, 4.69) is 10.6 Å². The highest BCUT2D eigenvalue weighted by atomic mass is 16.5. The highest BCUT2D eigenvalue weighted by molar-refractivity contribution is 6.06. The summed E-state index contributed by atoms with van der Waals surface area (Å²) in [6.45, 7) is 5.60. The molecule has 152 valence electrons. The minimum Gasteiger partial charge on any atom is -0.496 e. The van der Waals surface area contributed by atoms with Gasteiger partial charge in [-0.05, 0) is 26.3 Å². The molecule has 2 aliphatic rings. The number of ether oxygens (including phenoxy) is 1. The Labute approximate surface area is 165 Å². The average molecular weight is 388 g/mol. The summed E-state index contributed by atoms with van der Waals surface area (Å²) < 4.78 is 5.46. The molecule has 1 aromatic rings. The summed E-state index contributed by atoms with van der Waals surface area (Å²) in [7, 11) is 1.63. The highest BCUT2D eigenvalue weighted by Gasteiger charge is 2.43. The van der Waals surface area contributed by atoms with Crippen molar-refractivity contribution in [3.8, 4) is 5.75 Å². The zero-order chi connectivity index (χ0) is 20.3. The first-order valence-corrected chi connectivity index (χ1v) is 9.62. The van der Waals surface area contributed by atoms with Gasteiger partial charge in [-0.15, -0.1) is 0 Å². The molecule has 0 saturated carbocycles. The molecule has 0 bridgehead atoms. The van der Waals surface area contributed by atoms with Crippen molar-refractivity contribution in [1.29, 1.82) is 0 Å². The summed E-state index contributed by atoms with van der Waals surface area (Å²) in [5.41, 5.74) is 0.0931. The molecule has 2 aliphatic heterocycles.